The first-order valence-corrected chi connectivity index (χ1v) is 5.54. The molecule has 0 spiro atoms. The van der Waals surface area contributed by atoms with E-state index in [0.717, 1.165) is 6.54 Å². The van der Waals surface area contributed by atoms with Crippen molar-refractivity contribution in [1.29, 1.82) is 0 Å². The molecule has 0 aliphatic rings. The molecule has 0 aromatic heterocycles. The Morgan fingerprint density at radius 3 is 2.50 bits per heavy atom. The third kappa shape index (κ3) is 9.73. The van der Waals surface area contributed by atoms with Crippen molar-refractivity contribution in [2.75, 3.05) is 26.8 Å². The molecule has 16 heavy (non-hydrogen) atoms. The van der Waals surface area contributed by atoms with E-state index in [9.17, 15) is 4.79 Å². The number of methoxy groups -OCH3 is 1. The molecule has 0 aromatic carbocycles. The minimum absolute atomic E-state index is 0.0340. The molecule has 0 heterocycles. The summed E-state index contributed by atoms with van der Waals surface area (Å²) in [7, 11) is 1.66. The summed E-state index contributed by atoms with van der Waals surface area (Å²) in [5.74, 6) is 0. The van der Waals surface area contributed by atoms with Crippen molar-refractivity contribution < 1.29 is 14.3 Å². The van der Waals surface area contributed by atoms with Crippen LogP contribution in [0.3, 0.4) is 0 Å². The van der Waals surface area contributed by atoms with Gasteiger partial charge in [-0.2, -0.15) is 0 Å². The van der Waals surface area contributed by atoms with Crippen LogP contribution in [0.2, 0.25) is 0 Å². The lowest BCUT2D eigenvalue weighted by molar-refractivity contribution is 0.0508. The minimum Gasteiger partial charge on any atom is -0.444 e. The fraction of sp³-hybridized carbons (Fsp3) is 0.909. The summed E-state index contributed by atoms with van der Waals surface area (Å²) < 4.78 is 10.0. The van der Waals surface area contributed by atoms with Gasteiger partial charge in [0.1, 0.15) is 5.60 Å². The van der Waals surface area contributed by atoms with Crippen molar-refractivity contribution in [1.82, 2.24) is 10.6 Å². The first-order chi connectivity index (χ1) is 7.35. The summed E-state index contributed by atoms with van der Waals surface area (Å²) in [6.45, 7) is 9.58. The van der Waals surface area contributed by atoms with Crippen molar-refractivity contribution in [3.05, 3.63) is 0 Å². The molecule has 0 fully saturated rings. The van der Waals surface area contributed by atoms with Crippen LogP contribution < -0.4 is 10.6 Å². The molecule has 0 saturated carbocycles. The number of carbonyl (C=O) groups is 1. The third-order valence-corrected chi connectivity index (χ3v) is 1.70. The molecule has 1 atom stereocenters. The van der Waals surface area contributed by atoms with Crippen LogP contribution in [-0.2, 0) is 9.47 Å². The van der Waals surface area contributed by atoms with Crippen molar-refractivity contribution in [3.63, 3.8) is 0 Å². The first kappa shape index (κ1) is 15.2. The summed E-state index contributed by atoms with van der Waals surface area (Å²) >= 11 is 0. The van der Waals surface area contributed by atoms with Crippen molar-refractivity contribution >= 4 is 6.09 Å². The van der Waals surface area contributed by atoms with Crippen LogP contribution in [0.15, 0.2) is 0 Å². The average molecular weight is 232 g/mol. The number of hydrogen-bond donors (Lipinski definition) is 2. The topological polar surface area (TPSA) is 59.6 Å². The van der Waals surface area contributed by atoms with Gasteiger partial charge in [-0.25, -0.2) is 4.79 Å². The number of alkyl carbamates (subject to hydrolysis) is 1. The normalized spacial score (nSPS) is 13.3. The van der Waals surface area contributed by atoms with Gasteiger partial charge >= 0.3 is 6.09 Å². The first-order valence-electron chi connectivity index (χ1n) is 5.54. The van der Waals surface area contributed by atoms with E-state index < -0.39 is 5.60 Å². The number of ether oxygens (including phenoxy) is 2. The van der Waals surface area contributed by atoms with Crippen LogP contribution in [0, 0.1) is 0 Å². The molecule has 0 saturated heterocycles. The monoisotopic (exact) mass is 232 g/mol. The second-order valence-corrected chi connectivity index (χ2v) is 4.74. The smallest absolute Gasteiger partial charge is 0.407 e. The van der Waals surface area contributed by atoms with Crippen molar-refractivity contribution in [2.45, 2.75) is 39.3 Å². The highest BCUT2D eigenvalue weighted by Crippen LogP contribution is 2.06. The molecule has 0 aromatic rings. The largest absolute Gasteiger partial charge is 0.444 e. The molecule has 1 unspecified atom stereocenters. The highest BCUT2D eigenvalue weighted by Gasteiger charge is 2.17. The number of hydrogen-bond acceptors (Lipinski definition) is 4. The molecule has 0 radical (unpaired) electrons. The lowest BCUT2D eigenvalue weighted by atomic mass is 10.2. The van der Waals surface area contributed by atoms with Gasteiger partial charge in [-0.05, 0) is 27.7 Å². The molecule has 96 valence electrons. The van der Waals surface area contributed by atoms with E-state index in [1.165, 1.54) is 0 Å². The number of rotatable bonds is 6. The van der Waals surface area contributed by atoms with Gasteiger partial charge in [-0.15, -0.1) is 0 Å². The van der Waals surface area contributed by atoms with Gasteiger partial charge in [0.05, 0.1) is 6.61 Å². The quantitative estimate of drug-likeness (QED) is 0.674. The van der Waals surface area contributed by atoms with Gasteiger partial charge in [-0.3, -0.25) is 0 Å². The van der Waals surface area contributed by atoms with E-state index in [4.69, 9.17) is 9.47 Å². The molecule has 1 amide bonds. The number of nitrogens with one attached hydrogen (secondary N) is 2. The number of carbonyl (C=O) groups excluding carboxylic acids is 1. The lowest BCUT2D eigenvalue weighted by Crippen LogP contribution is -2.43. The predicted octanol–water partition coefficient (Wildman–Crippen LogP) is 1.14. The highest BCUT2D eigenvalue weighted by molar-refractivity contribution is 5.68. The third-order valence-electron chi connectivity index (χ3n) is 1.70. The van der Waals surface area contributed by atoms with Gasteiger partial charge < -0.3 is 20.1 Å². The fourth-order valence-electron chi connectivity index (χ4n) is 1.05. The lowest BCUT2D eigenvalue weighted by Gasteiger charge is -2.22. The second-order valence-electron chi connectivity index (χ2n) is 4.74. The van der Waals surface area contributed by atoms with Gasteiger partial charge in [-0.1, -0.05) is 0 Å². The number of amides is 1. The van der Waals surface area contributed by atoms with Gasteiger partial charge in [0.2, 0.25) is 0 Å². The maximum absolute atomic E-state index is 11.4. The van der Waals surface area contributed by atoms with Crippen LogP contribution in [-0.4, -0.2) is 44.5 Å². The zero-order chi connectivity index (χ0) is 12.6. The van der Waals surface area contributed by atoms with Gasteiger partial charge in [0, 0.05) is 26.2 Å². The molecule has 0 aliphatic carbocycles. The summed E-state index contributed by atoms with van der Waals surface area (Å²) in [4.78, 5) is 11.4. The molecular formula is C11H24N2O3. The standard InChI is InChI=1S/C11H24N2O3/c1-9(8-12-6-7-15-5)13-10(14)16-11(2,3)4/h9,12H,6-8H2,1-5H3,(H,13,14). The Balaban J connectivity index is 3.62. The van der Waals surface area contributed by atoms with E-state index in [0.29, 0.717) is 13.2 Å². The predicted molar refractivity (Wildman–Crippen MR) is 63.6 cm³/mol. The molecule has 0 aliphatic heterocycles. The zero-order valence-corrected chi connectivity index (χ0v) is 10.9. The molecular weight excluding hydrogens is 208 g/mol. The molecule has 0 rings (SSSR count). The van der Waals surface area contributed by atoms with Gasteiger partial charge in [0.25, 0.3) is 0 Å². The molecule has 5 heteroatoms. The Kier molecular flexibility index (Phi) is 7.08. The summed E-state index contributed by atoms with van der Waals surface area (Å²) in [6.07, 6.45) is -0.381. The Bertz CT molecular complexity index is 202. The summed E-state index contributed by atoms with van der Waals surface area (Å²) in [5.41, 5.74) is -0.451. The molecule has 5 nitrogen and oxygen atoms in total. The fourth-order valence-corrected chi connectivity index (χ4v) is 1.05. The zero-order valence-electron chi connectivity index (χ0n) is 10.9. The van der Waals surface area contributed by atoms with Crippen molar-refractivity contribution in [3.8, 4) is 0 Å². The minimum atomic E-state index is -0.451. The van der Waals surface area contributed by atoms with E-state index in [1.807, 2.05) is 27.7 Å². The summed E-state index contributed by atoms with van der Waals surface area (Å²) in [5, 5.41) is 5.91. The van der Waals surface area contributed by atoms with Crippen LogP contribution in [0.5, 0.6) is 0 Å². The Morgan fingerprint density at radius 2 is 2.00 bits per heavy atom. The summed E-state index contributed by atoms with van der Waals surface area (Å²) in [6, 6.07) is 0.0340. The molecule has 0 bridgehead atoms. The van der Waals surface area contributed by atoms with E-state index >= 15 is 0 Å². The van der Waals surface area contributed by atoms with Crippen LogP contribution in [0.25, 0.3) is 0 Å². The molecule has 2 N–H and O–H groups in total. The van der Waals surface area contributed by atoms with Crippen molar-refractivity contribution in [2.24, 2.45) is 0 Å². The van der Waals surface area contributed by atoms with Gasteiger partial charge in [0.15, 0.2) is 0 Å². The SMILES string of the molecule is COCCNCC(C)NC(=O)OC(C)(C)C. The van der Waals surface area contributed by atoms with E-state index in [1.54, 1.807) is 7.11 Å². The second kappa shape index (κ2) is 7.46. The van der Waals surface area contributed by atoms with E-state index in [2.05, 4.69) is 10.6 Å². The maximum atomic E-state index is 11.4. The van der Waals surface area contributed by atoms with E-state index in [-0.39, 0.29) is 12.1 Å². The Morgan fingerprint density at radius 1 is 1.38 bits per heavy atom. The van der Waals surface area contributed by atoms with Crippen LogP contribution >= 0.6 is 0 Å². The Hall–Kier alpha value is -0.810. The maximum Gasteiger partial charge on any atom is 0.407 e. The van der Waals surface area contributed by atoms with Crippen LogP contribution in [0.1, 0.15) is 27.7 Å². The average Bonchev–Trinajstić information content (AvgIpc) is 2.09. The van der Waals surface area contributed by atoms with Crippen LogP contribution in [0.4, 0.5) is 4.79 Å². The Labute approximate surface area is 97.9 Å². The highest BCUT2D eigenvalue weighted by atomic mass is 16.6.